The molecule has 2 aromatic rings. The molecule has 1 aliphatic carbocycles. The summed E-state index contributed by atoms with van der Waals surface area (Å²) in [5, 5.41) is 7.54. The number of hydrogen-bond acceptors (Lipinski definition) is 6. The molecule has 28 heavy (non-hydrogen) atoms. The molecule has 7 nitrogen and oxygen atoms in total. The second kappa shape index (κ2) is 7.95. The summed E-state index contributed by atoms with van der Waals surface area (Å²) >= 11 is 3.53. The van der Waals surface area contributed by atoms with E-state index in [0.29, 0.717) is 23.0 Å². The largest absolute Gasteiger partial charge is 0.496 e. The molecule has 0 saturated heterocycles. The molecular formula is C20H23BrN4O3. The van der Waals surface area contributed by atoms with Gasteiger partial charge in [-0.1, -0.05) is 22.4 Å². The molecule has 4 rings (SSSR count). The highest BCUT2D eigenvalue weighted by Gasteiger charge is 2.37. The van der Waals surface area contributed by atoms with Gasteiger partial charge in [-0.2, -0.15) is 10.1 Å². The number of esters is 1. The molecule has 148 valence electrons. The van der Waals surface area contributed by atoms with Gasteiger partial charge < -0.3 is 14.8 Å². The molecule has 1 N–H and O–H groups in total. The van der Waals surface area contributed by atoms with Crippen molar-refractivity contribution in [2.45, 2.75) is 51.2 Å². The molecular weight excluding hydrogens is 424 g/mol. The summed E-state index contributed by atoms with van der Waals surface area (Å²) in [6.45, 7) is 1.87. The number of benzene rings is 1. The number of carbonyl (C=O) groups is 1. The van der Waals surface area contributed by atoms with E-state index < -0.39 is 6.04 Å². The van der Waals surface area contributed by atoms with E-state index in [0.717, 1.165) is 35.7 Å². The fourth-order valence-electron chi connectivity index (χ4n) is 3.96. The van der Waals surface area contributed by atoms with Crippen molar-refractivity contribution < 1.29 is 14.3 Å². The van der Waals surface area contributed by atoms with E-state index in [9.17, 15) is 4.79 Å². The maximum absolute atomic E-state index is 13.2. The van der Waals surface area contributed by atoms with Crippen LogP contribution in [0.15, 0.2) is 40.3 Å². The smallest absolute Gasteiger partial charge is 0.338 e. The van der Waals surface area contributed by atoms with E-state index >= 15 is 0 Å². The summed E-state index contributed by atoms with van der Waals surface area (Å²) in [7, 11) is 1.62. The number of halogens is 1. The Morgan fingerprint density at radius 1 is 1.29 bits per heavy atom. The average molecular weight is 447 g/mol. The molecule has 1 aromatic heterocycles. The molecule has 0 radical (unpaired) electrons. The van der Waals surface area contributed by atoms with Gasteiger partial charge in [-0.3, -0.25) is 0 Å². The van der Waals surface area contributed by atoms with Crippen LogP contribution in [0.4, 0.5) is 5.95 Å². The lowest BCUT2D eigenvalue weighted by Gasteiger charge is -2.30. The number of allylic oxidation sites excluding steroid dienone is 1. The van der Waals surface area contributed by atoms with Crippen molar-refractivity contribution in [3.63, 3.8) is 0 Å². The van der Waals surface area contributed by atoms with Gasteiger partial charge >= 0.3 is 5.97 Å². The summed E-state index contributed by atoms with van der Waals surface area (Å²) in [4.78, 5) is 17.5. The number of aromatic nitrogens is 3. The Hall–Kier alpha value is -2.35. The van der Waals surface area contributed by atoms with E-state index in [4.69, 9.17) is 9.47 Å². The van der Waals surface area contributed by atoms with Crippen LogP contribution in [0.25, 0.3) is 0 Å². The van der Waals surface area contributed by atoms with Crippen LogP contribution in [-0.4, -0.2) is 33.9 Å². The fourth-order valence-corrected chi connectivity index (χ4v) is 4.34. The Labute approximate surface area is 172 Å². The Bertz CT molecular complexity index is 918. The van der Waals surface area contributed by atoms with Gasteiger partial charge in [0, 0.05) is 15.7 Å². The standard InChI is InChI=1S/C20H23BrN4O3/c1-12-17(19(26)28-14-6-4-3-5-7-14)18(25-20(24-12)22-11-23-25)15-10-13(21)8-9-16(15)27-2/h8-11,14,18H,3-7H2,1-2H3,(H,22,23,24). The quantitative estimate of drug-likeness (QED) is 0.708. The van der Waals surface area contributed by atoms with E-state index in [1.807, 2.05) is 25.1 Å². The number of hydrogen-bond donors (Lipinski definition) is 1. The first-order valence-corrected chi connectivity index (χ1v) is 10.3. The van der Waals surface area contributed by atoms with Crippen LogP contribution in [0.2, 0.25) is 0 Å². The van der Waals surface area contributed by atoms with Gasteiger partial charge in [-0.25, -0.2) is 9.48 Å². The Balaban J connectivity index is 1.76. The fraction of sp³-hybridized carbons (Fsp3) is 0.450. The number of ether oxygens (including phenoxy) is 2. The normalized spacial score (nSPS) is 19.8. The third-order valence-corrected chi connectivity index (χ3v) is 5.82. The van der Waals surface area contributed by atoms with Crippen LogP contribution in [0.5, 0.6) is 5.75 Å². The predicted molar refractivity (Wildman–Crippen MR) is 108 cm³/mol. The van der Waals surface area contributed by atoms with Gasteiger partial charge in [0.1, 0.15) is 24.2 Å². The van der Waals surface area contributed by atoms with E-state index in [1.54, 1.807) is 11.8 Å². The average Bonchev–Trinajstić information content (AvgIpc) is 3.15. The third kappa shape index (κ3) is 3.53. The Morgan fingerprint density at radius 2 is 2.07 bits per heavy atom. The van der Waals surface area contributed by atoms with Crippen LogP contribution in [0, 0.1) is 0 Å². The van der Waals surface area contributed by atoms with Gasteiger partial charge in [-0.15, -0.1) is 0 Å². The number of rotatable bonds is 4. The predicted octanol–water partition coefficient (Wildman–Crippen LogP) is 4.21. The Kier molecular flexibility index (Phi) is 5.39. The SMILES string of the molecule is COc1ccc(Br)cc1C1C(C(=O)OC2CCCCC2)=C(C)Nc2ncnn21. The van der Waals surface area contributed by atoms with Gasteiger partial charge in [0.25, 0.3) is 0 Å². The highest BCUT2D eigenvalue weighted by Crippen LogP contribution is 2.40. The zero-order valence-electron chi connectivity index (χ0n) is 15.9. The van der Waals surface area contributed by atoms with Crippen molar-refractivity contribution in [3.8, 4) is 5.75 Å². The minimum absolute atomic E-state index is 0.0243. The minimum Gasteiger partial charge on any atom is -0.496 e. The van der Waals surface area contributed by atoms with E-state index in [-0.39, 0.29) is 12.1 Å². The number of nitrogens with one attached hydrogen (secondary N) is 1. The molecule has 8 heteroatoms. The van der Waals surface area contributed by atoms with Crippen LogP contribution < -0.4 is 10.1 Å². The lowest BCUT2D eigenvalue weighted by molar-refractivity contribution is -0.146. The first-order valence-electron chi connectivity index (χ1n) is 9.50. The Morgan fingerprint density at radius 3 is 2.82 bits per heavy atom. The maximum Gasteiger partial charge on any atom is 0.338 e. The molecule has 1 aliphatic heterocycles. The molecule has 0 bridgehead atoms. The third-order valence-electron chi connectivity index (χ3n) is 5.33. The number of methoxy groups -OCH3 is 1. The zero-order chi connectivity index (χ0) is 19.7. The van der Waals surface area contributed by atoms with Gasteiger partial charge in [0.2, 0.25) is 5.95 Å². The van der Waals surface area contributed by atoms with E-state index in [1.165, 1.54) is 12.7 Å². The number of nitrogens with zero attached hydrogens (tertiary/aromatic N) is 3. The molecule has 1 unspecified atom stereocenters. The molecule has 2 aliphatic rings. The van der Waals surface area contributed by atoms with Crippen molar-refractivity contribution in [3.05, 3.63) is 45.8 Å². The number of anilines is 1. The van der Waals surface area contributed by atoms with Crippen LogP contribution in [0.3, 0.4) is 0 Å². The summed E-state index contributed by atoms with van der Waals surface area (Å²) in [5.74, 6) is 0.941. The van der Waals surface area contributed by atoms with E-state index in [2.05, 4.69) is 31.3 Å². The number of carbonyl (C=O) groups excluding carboxylic acids is 1. The van der Waals surface area contributed by atoms with Crippen molar-refractivity contribution >= 4 is 27.8 Å². The van der Waals surface area contributed by atoms with Crippen molar-refractivity contribution in [1.82, 2.24) is 14.8 Å². The lowest BCUT2D eigenvalue weighted by atomic mass is 9.94. The molecule has 1 saturated carbocycles. The number of fused-ring (bicyclic) bond motifs is 1. The molecule has 1 atom stereocenters. The second-order valence-electron chi connectivity index (χ2n) is 7.15. The van der Waals surface area contributed by atoms with Gasteiger partial charge in [0.15, 0.2) is 0 Å². The molecule has 0 spiro atoms. The summed E-state index contributed by atoms with van der Waals surface area (Å²) in [6.07, 6.45) is 6.70. The van der Waals surface area contributed by atoms with Crippen LogP contribution >= 0.6 is 15.9 Å². The highest BCUT2D eigenvalue weighted by atomic mass is 79.9. The highest BCUT2D eigenvalue weighted by molar-refractivity contribution is 9.10. The van der Waals surface area contributed by atoms with Crippen molar-refractivity contribution in [1.29, 1.82) is 0 Å². The van der Waals surface area contributed by atoms with Crippen LogP contribution in [0.1, 0.15) is 50.6 Å². The topological polar surface area (TPSA) is 78.3 Å². The molecule has 1 fully saturated rings. The second-order valence-corrected chi connectivity index (χ2v) is 8.06. The summed E-state index contributed by atoms with van der Waals surface area (Å²) in [5.41, 5.74) is 2.06. The first kappa shape index (κ1) is 19.0. The lowest BCUT2D eigenvalue weighted by Crippen LogP contribution is -2.32. The van der Waals surface area contributed by atoms with Gasteiger partial charge in [-0.05, 0) is 50.8 Å². The monoisotopic (exact) mass is 446 g/mol. The molecule has 0 amide bonds. The summed E-state index contributed by atoms with van der Waals surface area (Å²) in [6, 6.07) is 5.24. The minimum atomic E-state index is -0.484. The molecule has 1 aromatic carbocycles. The van der Waals surface area contributed by atoms with Crippen LogP contribution in [-0.2, 0) is 9.53 Å². The molecule has 2 heterocycles. The van der Waals surface area contributed by atoms with Crippen molar-refractivity contribution in [2.24, 2.45) is 0 Å². The van der Waals surface area contributed by atoms with Crippen molar-refractivity contribution in [2.75, 3.05) is 12.4 Å². The summed E-state index contributed by atoms with van der Waals surface area (Å²) < 4.78 is 14.1. The zero-order valence-corrected chi connectivity index (χ0v) is 17.5. The first-order chi connectivity index (χ1) is 13.6. The maximum atomic E-state index is 13.2. The van der Waals surface area contributed by atoms with Gasteiger partial charge in [0.05, 0.1) is 12.7 Å².